The van der Waals surface area contributed by atoms with Gasteiger partial charge in [-0.15, -0.1) is 0 Å². The third-order valence-electron chi connectivity index (χ3n) is 2.35. The quantitative estimate of drug-likeness (QED) is 0.726. The molecule has 0 saturated carbocycles. The van der Waals surface area contributed by atoms with E-state index in [-0.39, 0.29) is 0 Å². The van der Waals surface area contributed by atoms with Crippen LogP contribution in [-0.4, -0.2) is 14.1 Å². The fraction of sp³-hybridized carbons (Fsp3) is 0.273. The molecule has 0 aromatic heterocycles. The lowest BCUT2D eigenvalue weighted by Crippen LogP contribution is -2.09. The number of rotatable bonds is 1. The lowest BCUT2D eigenvalue weighted by molar-refractivity contribution is 1.12. The molecule has 1 aromatic carbocycles. The Morgan fingerprint density at radius 1 is 1.31 bits per heavy atom. The average molecular weight is 238 g/mol. The van der Waals surface area contributed by atoms with Crippen LogP contribution in [0.3, 0.4) is 0 Å². The van der Waals surface area contributed by atoms with E-state index < -0.39 is 0 Å². The zero-order chi connectivity index (χ0) is 9.42. The van der Waals surface area contributed by atoms with Gasteiger partial charge in [-0.1, -0.05) is 28.1 Å². The van der Waals surface area contributed by atoms with Crippen molar-refractivity contribution in [3.63, 3.8) is 0 Å². The van der Waals surface area contributed by atoms with Crippen molar-refractivity contribution in [1.82, 2.24) is 0 Å². The molecule has 1 aromatic rings. The van der Waals surface area contributed by atoms with Gasteiger partial charge in [0.05, 0.1) is 0 Å². The summed E-state index contributed by atoms with van der Waals surface area (Å²) >= 11 is 3.60. The van der Waals surface area contributed by atoms with Gasteiger partial charge in [-0.2, -0.15) is 0 Å². The van der Waals surface area contributed by atoms with Crippen LogP contribution in [0.5, 0.6) is 0 Å². The summed E-state index contributed by atoms with van der Waals surface area (Å²) in [6.07, 6.45) is 5.45. The molecule has 0 atom stereocenters. The number of halogens is 1. The Balaban J connectivity index is 2.54. The second-order valence-electron chi connectivity index (χ2n) is 3.50. The van der Waals surface area contributed by atoms with E-state index in [4.69, 9.17) is 0 Å². The first kappa shape index (κ1) is 8.82. The van der Waals surface area contributed by atoms with Gasteiger partial charge >= 0.3 is 0 Å². The Kier molecular flexibility index (Phi) is 2.16. The predicted octanol–water partition coefficient (Wildman–Crippen LogP) is 3.08. The first-order valence-electron chi connectivity index (χ1n) is 4.35. The molecule has 0 bridgehead atoms. The van der Waals surface area contributed by atoms with E-state index in [1.807, 2.05) is 0 Å². The van der Waals surface area contributed by atoms with Gasteiger partial charge in [0.15, 0.2) is 0 Å². The average Bonchev–Trinajstić information content (AvgIpc) is 2.51. The van der Waals surface area contributed by atoms with Crippen LogP contribution in [0.25, 0.3) is 6.08 Å². The normalized spacial score (nSPS) is 13.2. The molecule has 1 aliphatic carbocycles. The van der Waals surface area contributed by atoms with Crippen LogP contribution < -0.4 is 4.90 Å². The van der Waals surface area contributed by atoms with E-state index in [2.05, 4.69) is 59.2 Å². The van der Waals surface area contributed by atoms with Crippen LogP contribution in [0.15, 0.2) is 22.7 Å². The maximum atomic E-state index is 3.60. The van der Waals surface area contributed by atoms with Crippen LogP contribution in [0, 0.1) is 0 Å². The summed E-state index contributed by atoms with van der Waals surface area (Å²) in [6, 6.07) is 4.40. The van der Waals surface area contributed by atoms with Gasteiger partial charge < -0.3 is 4.90 Å². The van der Waals surface area contributed by atoms with Crippen LogP contribution in [-0.2, 0) is 6.42 Å². The highest BCUT2D eigenvalue weighted by atomic mass is 79.9. The van der Waals surface area contributed by atoms with Gasteiger partial charge in [-0.25, -0.2) is 0 Å². The molecule has 0 fully saturated rings. The Morgan fingerprint density at radius 2 is 2.08 bits per heavy atom. The van der Waals surface area contributed by atoms with Gasteiger partial charge in [0.2, 0.25) is 0 Å². The topological polar surface area (TPSA) is 3.24 Å². The molecule has 2 heteroatoms. The van der Waals surface area contributed by atoms with Crippen LogP contribution in [0.2, 0.25) is 0 Å². The Bertz CT molecular complexity index is 367. The Hall–Kier alpha value is -0.760. The van der Waals surface area contributed by atoms with Crippen LogP contribution >= 0.6 is 15.9 Å². The summed E-state index contributed by atoms with van der Waals surface area (Å²) < 4.78 is 1.22. The Morgan fingerprint density at radius 3 is 2.77 bits per heavy atom. The van der Waals surface area contributed by atoms with Crippen LogP contribution in [0.1, 0.15) is 11.1 Å². The molecule has 2 rings (SSSR count). The molecule has 68 valence electrons. The summed E-state index contributed by atoms with van der Waals surface area (Å²) in [5.41, 5.74) is 4.00. The minimum Gasteiger partial charge on any atom is -0.378 e. The first-order chi connectivity index (χ1) is 6.18. The highest BCUT2D eigenvalue weighted by Gasteiger charge is 2.10. The van der Waals surface area contributed by atoms with E-state index in [9.17, 15) is 0 Å². The number of anilines is 1. The monoisotopic (exact) mass is 237 g/mol. The molecule has 0 saturated heterocycles. The van der Waals surface area contributed by atoms with E-state index in [0.717, 1.165) is 6.42 Å². The van der Waals surface area contributed by atoms with E-state index in [0.29, 0.717) is 0 Å². The summed E-state index contributed by atoms with van der Waals surface area (Å²) in [6.45, 7) is 0. The molecule has 0 heterocycles. The fourth-order valence-electron chi connectivity index (χ4n) is 1.57. The predicted molar refractivity (Wildman–Crippen MR) is 61.2 cm³/mol. The third-order valence-corrected chi connectivity index (χ3v) is 3.06. The van der Waals surface area contributed by atoms with Crippen molar-refractivity contribution in [3.05, 3.63) is 33.8 Å². The van der Waals surface area contributed by atoms with Crippen molar-refractivity contribution in [1.29, 1.82) is 0 Å². The van der Waals surface area contributed by atoms with Gasteiger partial charge in [-0.3, -0.25) is 0 Å². The summed E-state index contributed by atoms with van der Waals surface area (Å²) in [5.74, 6) is 0. The molecular weight excluding hydrogens is 226 g/mol. The second-order valence-corrected chi connectivity index (χ2v) is 4.35. The second kappa shape index (κ2) is 3.18. The highest BCUT2D eigenvalue weighted by molar-refractivity contribution is 9.10. The highest BCUT2D eigenvalue weighted by Crippen LogP contribution is 2.31. The lowest BCUT2D eigenvalue weighted by Gasteiger charge is -2.15. The molecule has 0 unspecified atom stereocenters. The standard InChI is InChI=1S/C11H12BrN/c1-13(2)9-6-8-4-3-5-10(8)11(12)7-9/h3-4,6-7H,5H2,1-2H3. The van der Waals surface area contributed by atoms with Crippen LogP contribution in [0.4, 0.5) is 5.69 Å². The zero-order valence-corrected chi connectivity index (χ0v) is 9.43. The molecule has 1 nitrogen and oxygen atoms in total. The largest absolute Gasteiger partial charge is 0.378 e. The third kappa shape index (κ3) is 1.51. The zero-order valence-electron chi connectivity index (χ0n) is 7.84. The Labute approximate surface area is 87.2 Å². The van der Waals surface area contributed by atoms with Gasteiger partial charge in [0, 0.05) is 24.3 Å². The van der Waals surface area contributed by atoms with E-state index in [1.54, 1.807) is 0 Å². The van der Waals surface area contributed by atoms with Gasteiger partial charge in [0.25, 0.3) is 0 Å². The summed E-state index contributed by atoms with van der Waals surface area (Å²) in [7, 11) is 4.12. The van der Waals surface area contributed by atoms with Crippen molar-refractivity contribution < 1.29 is 0 Å². The van der Waals surface area contributed by atoms with Crippen molar-refractivity contribution in [2.45, 2.75) is 6.42 Å². The number of hydrogen-bond acceptors (Lipinski definition) is 1. The molecule has 13 heavy (non-hydrogen) atoms. The molecule has 0 spiro atoms. The number of fused-ring (bicyclic) bond motifs is 1. The molecule has 0 N–H and O–H groups in total. The number of benzene rings is 1. The minimum absolute atomic E-state index is 1.06. The SMILES string of the molecule is CN(C)c1cc(Br)c2c(c1)C=CC2. The number of allylic oxidation sites excluding steroid dienone is 1. The molecule has 0 radical (unpaired) electrons. The maximum absolute atomic E-state index is 3.60. The van der Waals surface area contributed by atoms with E-state index >= 15 is 0 Å². The molecule has 0 aliphatic heterocycles. The van der Waals surface area contributed by atoms with Crippen molar-refractivity contribution in [3.8, 4) is 0 Å². The molecule has 0 amide bonds. The summed E-state index contributed by atoms with van der Waals surface area (Å²) in [5, 5.41) is 0. The molecule has 1 aliphatic rings. The van der Waals surface area contributed by atoms with Crippen molar-refractivity contribution in [2.75, 3.05) is 19.0 Å². The lowest BCUT2D eigenvalue weighted by atomic mass is 10.1. The maximum Gasteiger partial charge on any atom is 0.0378 e. The van der Waals surface area contributed by atoms with E-state index in [1.165, 1.54) is 21.3 Å². The molecular formula is C11H12BrN. The minimum atomic E-state index is 1.06. The fourth-order valence-corrected chi connectivity index (χ4v) is 2.19. The van der Waals surface area contributed by atoms with Gasteiger partial charge in [-0.05, 0) is 29.7 Å². The number of nitrogens with zero attached hydrogens (tertiary/aromatic N) is 1. The summed E-state index contributed by atoms with van der Waals surface area (Å²) in [4.78, 5) is 2.12. The first-order valence-corrected chi connectivity index (χ1v) is 5.14. The van der Waals surface area contributed by atoms with Crippen molar-refractivity contribution in [2.24, 2.45) is 0 Å². The number of hydrogen-bond donors (Lipinski definition) is 0. The smallest absolute Gasteiger partial charge is 0.0378 e. The van der Waals surface area contributed by atoms with Crippen molar-refractivity contribution >= 4 is 27.7 Å². The van der Waals surface area contributed by atoms with Gasteiger partial charge in [0.1, 0.15) is 0 Å².